The topological polar surface area (TPSA) is 123 Å². The van der Waals surface area contributed by atoms with E-state index in [4.69, 9.17) is 0 Å². The molecule has 2 unspecified atom stereocenters. The fourth-order valence-electron chi connectivity index (χ4n) is 5.36. The van der Waals surface area contributed by atoms with Gasteiger partial charge in [0.15, 0.2) is 15.7 Å². The maximum atomic E-state index is 14.9. The van der Waals surface area contributed by atoms with Crippen molar-refractivity contribution in [1.82, 2.24) is 24.8 Å². The molecule has 2 aromatic heterocycles. The molecule has 41 heavy (non-hydrogen) atoms. The third-order valence-corrected chi connectivity index (χ3v) is 8.68. The maximum Gasteiger partial charge on any atom is 0.241 e. The van der Waals surface area contributed by atoms with Crippen molar-refractivity contribution in [3.8, 4) is 11.3 Å². The number of H-pyrrole nitrogens is 1. The molecule has 3 heterocycles. The zero-order valence-electron chi connectivity index (χ0n) is 23.7. The molecule has 0 saturated carbocycles. The predicted molar refractivity (Wildman–Crippen MR) is 159 cm³/mol. The number of nitrogens with zero attached hydrogens (tertiary/aromatic N) is 4. The van der Waals surface area contributed by atoms with Gasteiger partial charge in [-0.05, 0) is 51.6 Å². The van der Waals surface area contributed by atoms with Crippen molar-refractivity contribution in [3.63, 3.8) is 0 Å². The van der Waals surface area contributed by atoms with E-state index in [9.17, 15) is 17.6 Å². The Morgan fingerprint density at radius 2 is 1.90 bits per heavy atom. The third kappa shape index (κ3) is 5.81. The number of amides is 1. The summed E-state index contributed by atoms with van der Waals surface area (Å²) in [5.74, 6) is -0.856. The number of likely N-dealkylation sites (N-methyl/N-ethyl adjacent to an activating group) is 1. The quantitative estimate of drug-likeness (QED) is 0.298. The Morgan fingerprint density at radius 3 is 2.63 bits per heavy atom. The van der Waals surface area contributed by atoms with E-state index >= 15 is 0 Å². The molecule has 1 amide bonds. The first-order chi connectivity index (χ1) is 19.4. The molecule has 5 rings (SSSR count). The summed E-state index contributed by atoms with van der Waals surface area (Å²) in [4.78, 5) is 29.5. The number of carbonyl (C=O) groups excluding carboxylic acids is 1. The van der Waals surface area contributed by atoms with Gasteiger partial charge in [0.2, 0.25) is 11.9 Å². The van der Waals surface area contributed by atoms with Crippen molar-refractivity contribution < 1.29 is 17.6 Å². The molecule has 3 N–H and O–H groups in total. The first kappa shape index (κ1) is 28.7. The Labute approximate surface area is 238 Å². The molecule has 0 bridgehead atoms. The van der Waals surface area contributed by atoms with E-state index in [1.165, 1.54) is 18.2 Å². The van der Waals surface area contributed by atoms with E-state index in [-0.39, 0.29) is 29.6 Å². The molecule has 12 heteroatoms. The number of aromatic nitrogens is 3. The lowest BCUT2D eigenvalue weighted by Crippen LogP contribution is -2.56. The van der Waals surface area contributed by atoms with Crippen molar-refractivity contribution in [2.75, 3.05) is 43.6 Å². The molecule has 10 nitrogen and oxygen atoms in total. The minimum Gasteiger partial charge on any atom is -0.359 e. The highest BCUT2D eigenvalue weighted by Crippen LogP contribution is 2.34. The smallest absolute Gasteiger partial charge is 0.241 e. The monoisotopic (exact) mass is 579 g/mol. The van der Waals surface area contributed by atoms with Crippen LogP contribution < -0.4 is 10.6 Å². The normalized spacial score (nSPS) is 17.5. The van der Waals surface area contributed by atoms with Gasteiger partial charge in [-0.3, -0.25) is 9.69 Å². The molecular formula is C29H34FN7O3S. The minimum atomic E-state index is -3.75. The molecule has 0 spiro atoms. The van der Waals surface area contributed by atoms with Gasteiger partial charge in [0.05, 0.1) is 28.6 Å². The Bertz CT molecular complexity index is 1720. The Hall–Kier alpha value is -3.87. The molecule has 4 aromatic rings. The van der Waals surface area contributed by atoms with Gasteiger partial charge in [-0.25, -0.2) is 22.8 Å². The van der Waals surface area contributed by atoms with E-state index in [0.717, 1.165) is 47.9 Å². The van der Waals surface area contributed by atoms with E-state index in [0.29, 0.717) is 11.4 Å². The zero-order chi connectivity index (χ0) is 29.5. The molecule has 0 radical (unpaired) electrons. The number of hydrogen-bond donors (Lipinski definition) is 3. The predicted octanol–water partition coefficient (Wildman–Crippen LogP) is 4.18. The highest BCUT2D eigenvalue weighted by Gasteiger charge is 2.30. The number of halogens is 1. The van der Waals surface area contributed by atoms with Crippen LogP contribution in [0.4, 0.5) is 21.7 Å². The average molecular weight is 580 g/mol. The SMILES string of the molecule is Cc1cnc(Nc2cccc(S(C)(=O)=O)c2F)nc1-c1c[nH]c2c(NC(=O)C(C)N3CCN(C)CC3C)cccc12. The fourth-order valence-corrected chi connectivity index (χ4v) is 6.12. The van der Waals surface area contributed by atoms with E-state index in [2.05, 4.69) is 49.4 Å². The highest BCUT2D eigenvalue weighted by atomic mass is 32.2. The molecule has 1 aliphatic rings. The van der Waals surface area contributed by atoms with E-state index < -0.39 is 20.5 Å². The lowest BCUT2D eigenvalue weighted by Gasteiger charge is -2.41. The number of carbonyl (C=O) groups is 1. The first-order valence-corrected chi connectivity index (χ1v) is 15.3. The molecule has 0 aliphatic carbocycles. The molecule has 1 fully saturated rings. The van der Waals surface area contributed by atoms with Crippen LogP contribution in [0.5, 0.6) is 0 Å². The number of aryl methyl sites for hydroxylation is 1. The van der Waals surface area contributed by atoms with Crippen molar-refractivity contribution in [2.45, 2.75) is 37.8 Å². The van der Waals surface area contributed by atoms with Gasteiger partial charge >= 0.3 is 0 Å². The van der Waals surface area contributed by atoms with Crippen molar-refractivity contribution >= 4 is 44.0 Å². The summed E-state index contributed by atoms with van der Waals surface area (Å²) in [6.45, 7) is 8.61. The summed E-state index contributed by atoms with van der Waals surface area (Å²) in [5, 5.41) is 6.76. The molecule has 2 aromatic carbocycles. The summed E-state index contributed by atoms with van der Waals surface area (Å²) in [7, 11) is -1.65. The van der Waals surface area contributed by atoms with Gasteiger partial charge in [-0.15, -0.1) is 0 Å². The Balaban J connectivity index is 1.42. The average Bonchev–Trinajstić information content (AvgIpc) is 3.35. The van der Waals surface area contributed by atoms with Gasteiger partial charge in [-0.1, -0.05) is 18.2 Å². The largest absolute Gasteiger partial charge is 0.359 e. The maximum absolute atomic E-state index is 14.9. The van der Waals surface area contributed by atoms with Crippen molar-refractivity contribution in [1.29, 1.82) is 0 Å². The second kappa shape index (κ2) is 11.2. The number of fused-ring (bicyclic) bond motifs is 1. The van der Waals surface area contributed by atoms with Gasteiger partial charge in [-0.2, -0.15) is 0 Å². The number of anilines is 3. The van der Waals surface area contributed by atoms with Crippen molar-refractivity contribution in [3.05, 3.63) is 60.2 Å². The molecular weight excluding hydrogens is 545 g/mol. The number of nitrogens with one attached hydrogen (secondary N) is 3. The number of para-hydroxylation sites is 1. The number of sulfone groups is 1. The second-order valence-corrected chi connectivity index (χ2v) is 12.7. The number of hydrogen-bond acceptors (Lipinski definition) is 8. The summed E-state index contributed by atoms with van der Waals surface area (Å²) in [6, 6.07) is 9.75. The molecule has 2 atom stereocenters. The first-order valence-electron chi connectivity index (χ1n) is 13.4. The van der Waals surface area contributed by atoms with Crippen molar-refractivity contribution in [2.24, 2.45) is 0 Å². The van der Waals surface area contributed by atoms with Gasteiger partial charge in [0, 0.05) is 55.3 Å². The summed E-state index contributed by atoms with van der Waals surface area (Å²) < 4.78 is 38.8. The number of rotatable bonds is 7. The van der Waals surface area contributed by atoms with Crippen LogP contribution in [0.15, 0.2) is 53.7 Å². The number of piperazine rings is 1. The lowest BCUT2D eigenvalue weighted by molar-refractivity contribution is -0.122. The summed E-state index contributed by atoms with van der Waals surface area (Å²) >= 11 is 0. The lowest BCUT2D eigenvalue weighted by atomic mass is 10.1. The fraction of sp³-hybridized carbons (Fsp3) is 0.345. The number of benzene rings is 2. The molecule has 1 aliphatic heterocycles. The van der Waals surface area contributed by atoms with Gasteiger partial charge < -0.3 is 20.5 Å². The summed E-state index contributed by atoms with van der Waals surface area (Å²) in [6.07, 6.45) is 4.39. The van der Waals surface area contributed by atoms with E-state index in [1.807, 2.05) is 38.2 Å². The number of aromatic amines is 1. The second-order valence-electron chi connectivity index (χ2n) is 10.7. The van der Waals surface area contributed by atoms with Crippen LogP contribution in [0.1, 0.15) is 19.4 Å². The van der Waals surface area contributed by atoms with Gasteiger partial charge in [0.1, 0.15) is 4.90 Å². The zero-order valence-corrected chi connectivity index (χ0v) is 24.5. The van der Waals surface area contributed by atoms with E-state index in [1.54, 1.807) is 6.20 Å². The standard InChI is InChI=1S/C29H34FN7O3S/c1-17-14-32-29(34-22-9-7-11-24(25(22)30)41(5,39)40)35-26(17)21-15-31-27-20(21)8-6-10-23(27)33-28(38)19(3)37-13-12-36(4)16-18(37)2/h6-11,14-15,18-19,31H,12-13,16H2,1-5H3,(H,33,38)(H,32,34,35). The minimum absolute atomic E-state index is 0.0459. The van der Waals surface area contributed by atoms with Crippen LogP contribution in [0.2, 0.25) is 0 Å². The van der Waals surface area contributed by atoms with Crippen LogP contribution in [0.25, 0.3) is 22.2 Å². The van der Waals surface area contributed by atoms with Crippen LogP contribution in [-0.2, 0) is 14.6 Å². The van der Waals surface area contributed by atoms with Gasteiger partial charge in [0.25, 0.3) is 0 Å². The van der Waals surface area contributed by atoms with Crippen LogP contribution in [0.3, 0.4) is 0 Å². The Kier molecular flexibility index (Phi) is 7.82. The van der Waals surface area contributed by atoms with Crippen LogP contribution >= 0.6 is 0 Å². The summed E-state index contributed by atoms with van der Waals surface area (Å²) in [5.41, 5.74) is 3.55. The van der Waals surface area contributed by atoms with Crippen LogP contribution in [-0.4, -0.2) is 84.1 Å². The third-order valence-electron chi connectivity index (χ3n) is 7.57. The Morgan fingerprint density at radius 1 is 1.17 bits per heavy atom. The molecule has 1 saturated heterocycles. The highest BCUT2D eigenvalue weighted by molar-refractivity contribution is 7.90. The molecule has 216 valence electrons. The van der Waals surface area contributed by atoms with Crippen LogP contribution in [0, 0.1) is 12.7 Å².